The number of nitrogens with one attached hydrogen (secondary N) is 2. The molecule has 0 aliphatic heterocycles. The van der Waals surface area contributed by atoms with Gasteiger partial charge in [-0.05, 0) is 32.0 Å². The summed E-state index contributed by atoms with van der Waals surface area (Å²) in [5.41, 5.74) is 0.415. The van der Waals surface area contributed by atoms with Crippen molar-refractivity contribution in [1.82, 2.24) is 19.1 Å². The first-order chi connectivity index (χ1) is 9.63. The standard InChI is InChI=1S/C13H18N4O2S/c1-2-16-11(18)9-10(15-12(20)14-9)17(13(16)19)8-6-4-3-5-7-8/h8H,2-7H2,1H3,(H2,14,15,20). The second-order valence-corrected chi connectivity index (χ2v) is 5.70. The van der Waals surface area contributed by atoms with Crippen molar-refractivity contribution in [2.75, 3.05) is 0 Å². The molecule has 0 atom stereocenters. The molecule has 0 saturated heterocycles. The van der Waals surface area contributed by atoms with Gasteiger partial charge >= 0.3 is 5.69 Å². The van der Waals surface area contributed by atoms with E-state index < -0.39 is 0 Å². The van der Waals surface area contributed by atoms with Gasteiger partial charge in [-0.25, -0.2) is 4.79 Å². The molecular formula is C13H18N4O2S. The lowest BCUT2D eigenvalue weighted by atomic mass is 9.95. The first-order valence-electron chi connectivity index (χ1n) is 7.10. The molecule has 2 heterocycles. The zero-order chi connectivity index (χ0) is 14.3. The number of aromatic nitrogens is 4. The summed E-state index contributed by atoms with van der Waals surface area (Å²) in [6.07, 6.45) is 5.40. The molecule has 2 aromatic heterocycles. The Labute approximate surface area is 120 Å². The van der Waals surface area contributed by atoms with Gasteiger partial charge in [-0.3, -0.25) is 13.9 Å². The van der Waals surface area contributed by atoms with Crippen molar-refractivity contribution in [2.45, 2.75) is 51.6 Å². The van der Waals surface area contributed by atoms with Crippen LogP contribution in [0.4, 0.5) is 0 Å². The molecule has 3 rings (SSSR count). The molecule has 0 aromatic carbocycles. The minimum Gasteiger partial charge on any atom is -0.325 e. The minimum atomic E-state index is -0.299. The maximum absolute atomic E-state index is 12.6. The summed E-state index contributed by atoms with van der Waals surface area (Å²) in [6, 6.07) is 0.151. The SMILES string of the molecule is CCn1c(=O)c2[nH]c(=S)[nH]c2n(C2CCCCC2)c1=O. The average Bonchev–Trinajstić information content (AvgIpc) is 2.82. The zero-order valence-electron chi connectivity index (χ0n) is 11.4. The number of H-pyrrole nitrogens is 2. The largest absolute Gasteiger partial charge is 0.332 e. The second-order valence-electron chi connectivity index (χ2n) is 5.30. The Morgan fingerprint density at radius 2 is 1.90 bits per heavy atom. The Morgan fingerprint density at radius 1 is 1.20 bits per heavy atom. The number of hydrogen-bond donors (Lipinski definition) is 2. The van der Waals surface area contributed by atoms with E-state index in [9.17, 15) is 9.59 Å². The summed E-state index contributed by atoms with van der Waals surface area (Å²) in [4.78, 5) is 30.7. The monoisotopic (exact) mass is 294 g/mol. The van der Waals surface area contributed by atoms with E-state index in [1.807, 2.05) is 0 Å². The average molecular weight is 294 g/mol. The maximum atomic E-state index is 12.6. The molecule has 1 fully saturated rings. The van der Waals surface area contributed by atoms with Crippen molar-refractivity contribution >= 4 is 23.4 Å². The molecule has 0 amide bonds. The van der Waals surface area contributed by atoms with E-state index in [0.717, 1.165) is 25.7 Å². The van der Waals surface area contributed by atoms with E-state index in [-0.39, 0.29) is 17.3 Å². The van der Waals surface area contributed by atoms with Gasteiger partial charge in [0.05, 0.1) is 0 Å². The summed E-state index contributed by atoms with van der Waals surface area (Å²) in [7, 11) is 0. The fourth-order valence-electron chi connectivity index (χ4n) is 3.11. The normalized spacial score (nSPS) is 16.9. The van der Waals surface area contributed by atoms with E-state index in [0.29, 0.717) is 22.5 Å². The molecule has 7 heteroatoms. The summed E-state index contributed by atoms with van der Waals surface area (Å²) in [6.45, 7) is 2.17. The third kappa shape index (κ3) is 1.96. The van der Waals surface area contributed by atoms with Crippen LogP contribution in [0, 0.1) is 4.77 Å². The molecule has 108 valence electrons. The number of fused-ring (bicyclic) bond motifs is 1. The molecule has 20 heavy (non-hydrogen) atoms. The van der Waals surface area contributed by atoms with Crippen LogP contribution in [0.25, 0.3) is 11.2 Å². The Kier molecular flexibility index (Phi) is 3.37. The van der Waals surface area contributed by atoms with Crippen LogP contribution in [0.5, 0.6) is 0 Å². The van der Waals surface area contributed by atoms with Crippen molar-refractivity contribution in [3.05, 3.63) is 25.6 Å². The first kappa shape index (κ1) is 13.4. The number of rotatable bonds is 2. The predicted octanol–water partition coefficient (Wildman–Crippen LogP) is 2.07. The van der Waals surface area contributed by atoms with Crippen LogP contribution in [-0.4, -0.2) is 19.1 Å². The van der Waals surface area contributed by atoms with E-state index in [4.69, 9.17) is 12.2 Å². The lowest BCUT2D eigenvalue weighted by molar-refractivity contribution is 0.343. The van der Waals surface area contributed by atoms with Gasteiger partial charge in [-0.1, -0.05) is 19.3 Å². The van der Waals surface area contributed by atoms with Gasteiger partial charge in [-0.2, -0.15) is 0 Å². The lowest BCUT2D eigenvalue weighted by Crippen LogP contribution is -2.41. The number of nitrogens with zero attached hydrogens (tertiary/aromatic N) is 2. The fourth-order valence-corrected chi connectivity index (χ4v) is 3.31. The van der Waals surface area contributed by atoms with Crippen LogP contribution in [0.2, 0.25) is 0 Å². The van der Waals surface area contributed by atoms with Gasteiger partial charge in [0.15, 0.2) is 4.77 Å². The van der Waals surface area contributed by atoms with Crippen LogP contribution >= 0.6 is 12.2 Å². The quantitative estimate of drug-likeness (QED) is 0.833. The van der Waals surface area contributed by atoms with Crippen LogP contribution in [0.15, 0.2) is 9.59 Å². The summed E-state index contributed by atoms with van der Waals surface area (Å²) < 4.78 is 3.39. The molecule has 1 saturated carbocycles. The molecule has 1 aliphatic rings. The Morgan fingerprint density at radius 3 is 2.55 bits per heavy atom. The van der Waals surface area contributed by atoms with Gasteiger partial charge in [0, 0.05) is 12.6 Å². The van der Waals surface area contributed by atoms with Gasteiger partial charge < -0.3 is 9.97 Å². The highest BCUT2D eigenvalue weighted by Gasteiger charge is 2.22. The van der Waals surface area contributed by atoms with Crippen molar-refractivity contribution < 1.29 is 0 Å². The topological polar surface area (TPSA) is 75.6 Å². The molecule has 2 aromatic rings. The van der Waals surface area contributed by atoms with Crippen molar-refractivity contribution in [1.29, 1.82) is 0 Å². The number of hydrogen-bond acceptors (Lipinski definition) is 3. The molecule has 0 spiro atoms. The number of aromatic amines is 2. The van der Waals surface area contributed by atoms with Crippen molar-refractivity contribution in [3.8, 4) is 0 Å². The predicted molar refractivity (Wildman–Crippen MR) is 79.8 cm³/mol. The molecular weight excluding hydrogens is 276 g/mol. The second kappa shape index (κ2) is 5.05. The Balaban J connectivity index is 2.36. The van der Waals surface area contributed by atoms with Crippen LogP contribution < -0.4 is 11.2 Å². The van der Waals surface area contributed by atoms with Crippen LogP contribution in [0.3, 0.4) is 0 Å². The Hall–Kier alpha value is -1.63. The Bertz CT molecular complexity index is 804. The smallest absolute Gasteiger partial charge is 0.325 e. The van der Waals surface area contributed by atoms with Gasteiger partial charge in [0.25, 0.3) is 5.56 Å². The van der Waals surface area contributed by atoms with Crippen LogP contribution in [0.1, 0.15) is 45.1 Å². The van der Waals surface area contributed by atoms with Gasteiger partial charge in [0.1, 0.15) is 11.2 Å². The van der Waals surface area contributed by atoms with E-state index in [1.165, 1.54) is 11.0 Å². The highest BCUT2D eigenvalue weighted by molar-refractivity contribution is 7.71. The summed E-state index contributed by atoms with van der Waals surface area (Å²) >= 11 is 5.08. The van der Waals surface area contributed by atoms with E-state index in [1.54, 1.807) is 11.5 Å². The van der Waals surface area contributed by atoms with Crippen LogP contribution in [-0.2, 0) is 6.54 Å². The summed E-state index contributed by atoms with van der Waals surface area (Å²) in [5.74, 6) is 0. The number of imidazole rings is 1. The minimum absolute atomic E-state index is 0.151. The van der Waals surface area contributed by atoms with Gasteiger partial charge in [0.2, 0.25) is 0 Å². The maximum Gasteiger partial charge on any atom is 0.332 e. The molecule has 1 aliphatic carbocycles. The van der Waals surface area contributed by atoms with Crippen molar-refractivity contribution in [2.24, 2.45) is 0 Å². The fraction of sp³-hybridized carbons (Fsp3) is 0.615. The highest BCUT2D eigenvalue weighted by Crippen LogP contribution is 2.28. The third-order valence-corrected chi connectivity index (χ3v) is 4.30. The lowest BCUT2D eigenvalue weighted by Gasteiger charge is -2.24. The highest BCUT2D eigenvalue weighted by atomic mass is 32.1. The molecule has 2 N–H and O–H groups in total. The summed E-state index contributed by atoms with van der Waals surface area (Å²) in [5, 5.41) is 0. The molecule has 0 bridgehead atoms. The molecule has 6 nitrogen and oxygen atoms in total. The third-order valence-electron chi connectivity index (χ3n) is 4.10. The molecule has 0 radical (unpaired) electrons. The zero-order valence-corrected chi connectivity index (χ0v) is 12.3. The van der Waals surface area contributed by atoms with E-state index in [2.05, 4.69) is 9.97 Å². The van der Waals surface area contributed by atoms with Gasteiger partial charge in [-0.15, -0.1) is 0 Å². The first-order valence-corrected chi connectivity index (χ1v) is 7.51. The van der Waals surface area contributed by atoms with Crippen molar-refractivity contribution in [3.63, 3.8) is 0 Å². The van der Waals surface area contributed by atoms with E-state index >= 15 is 0 Å². The molecule has 0 unspecified atom stereocenters.